The number of amides is 1. The van der Waals surface area contributed by atoms with Crippen molar-refractivity contribution in [1.29, 1.82) is 0 Å². The van der Waals surface area contributed by atoms with Crippen molar-refractivity contribution in [2.45, 2.75) is 20.0 Å². The SMILES string of the molecule is CC(=O)NCc1ccc(CN2CCN(c3nc(F)cc(F)n3)CC2)cc1. The second kappa shape index (κ2) is 8.18. The summed E-state index contributed by atoms with van der Waals surface area (Å²) in [6, 6.07) is 8.79. The highest BCUT2D eigenvalue weighted by Crippen LogP contribution is 2.15. The molecule has 0 radical (unpaired) electrons. The molecule has 0 saturated carbocycles. The van der Waals surface area contributed by atoms with E-state index >= 15 is 0 Å². The van der Waals surface area contributed by atoms with Gasteiger partial charge < -0.3 is 10.2 Å². The maximum Gasteiger partial charge on any atom is 0.230 e. The number of piperazine rings is 1. The largest absolute Gasteiger partial charge is 0.352 e. The van der Waals surface area contributed by atoms with Gasteiger partial charge >= 0.3 is 0 Å². The number of carbonyl (C=O) groups is 1. The predicted molar refractivity (Wildman–Crippen MR) is 93.4 cm³/mol. The summed E-state index contributed by atoms with van der Waals surface area (Å²) < 4.78 is 26.5. The van der Waals surface area contributed by atoms with Gasteiger partial charge in [-0.1, -0.05) is 24.3 Å². The molecule has 2 heterocycles. The lowest BCUT2D eigenvalue weighted by Crippen LogP contribution is -2.46. The quantitative estimate of drug-likeness (QED) is 0.822. The molecule has 6 nitrogen and oxygen atoms in total. The van der Waals surface area contributed by atoms with Crippen LogP contribution in [0.25, 0.3) is 0 Å². The first-order valence-electron chi connectivity index (χ1n) is 8.49. The van der Waals surface area contributed by atoms with E-state index < -0.39 is 11.9 Å². The molecule has 0 spiro atoms. The highest BCUT2D eigenvalue weighted by atomic mass is 19.1. The topological polar surface area (TPSA) is 61.4 Å². The van der Waals surface area contributed by atoms with Crippen LogP contribution in [0, 0.1) is 11.9 Å². The number of halogens is 2. The van der Waals surface area contributed by atoms with Crippen LogP contribution in [0.5, 0.6) is 0 Å². The third kappa shape index (κ3) is 4.95. The average Bonchev–Trinajstić information content (AvgIpc) is 2.61. The van der Waals surface area contributed by atoms with Gasteiger partial charge in [0.05, 0.1) is 0 Å². The Morgan fingerprint density at radius 2 is 1.62 bits per heavy atom. The minimum absolute atomic E-state index is 0.0471. The minimum Gasteiger partial charge on any atom is -0.352 e. The Morgan fingerprint density at radius 3 is 2.19 bits per heavy atom. The van der Waals surface area contributed by atoms with E-state index in [0.29, 0.717) is 25.7 Å². The van der Waals surface area contributed by atoms with Crippen molar-refractivity contribution in [2.75, 3.05) is 31.1 Å². The zero-order valence-corrected chi connectivity index (χ0v) is 14.6. The molecule has 1 N–H and O–H groups in total. The lowest BCUT2D eigenvalue weighted by Gasteiger charge is -2.34. The Morgan fingerprint density at radius 1 is 1.04 bits per heavy atom. The molecule has 0 aliphatic carbocycles. The minimum atomic E-state index is -0.853. The third-order valence-corrected chi connectivity index (χ3v) is 4.28. The summed E-state index contributed by atoms with van der Waals surface area (Å²) in [5.74, 6) is -1.65. The zero-order valence-electron chi connectivity index (χ0n) is 14.6. The van der Waals surface area contributed by atoms with E-state index in [-0.39, 0.29) is 11.9 Å². The second-order valence-corrected chi connectivity index (χ2v) is 6.30. The molecule has 0 unspecified atom stereocenters. The lowest BCUT2D eigenvalue weighted by atomic mass is 10.1. The first-order valence-corrected chi connectivity index (χ1v) is 8.49. The van der Waals surface area contributed by atoms with Crippen LogP contribution in [0.3, 0.4) is 0 Å². The van der Waals surface area contributed by atoms with Gasteiger partial charge in [-0.25, -0.2) is 0 Å². The highest BCUT2D eigenvalue weighted by molar-refractivity contribution is 5.72. The van der Waals surface area contributed by atoms with Crippen LogP contribution in [-0.4, -0.2) is 47.0 Å². The fraction of sp³-hybridized carbons (Fsp3) is 0.389. The first kappa shape index (κ1) is 18.2. The van der Waals surface area contributed by atoms with E-state index in [1.165, 1.54) is 12.5 Å². The van der Waals surface area contributed by atoms with E-state index in [9.17, 15) is 13.6 Å². The first-order chi connectivity index (χ1) is 12.5. The summed E-state index contributed by atoms with van der Waals surface area (Å²) >= 11 is 0. The monoisotopic (exact) mass is 361 g/mol. The van der Waals surface area contributed by atoms with Crippen molar-refractivity contribution in [3.63, 3.8) is 0 Å². The summed E-state index contributed by atoms with van der Waals surface area (Å²) in [5, 5.41) is 2.77. The molecule has 1 saturated heterocycles. The number of hydrogen-bond donors (Lipinski definition) is 1. The number of nitrogens with zero attached hydrogens (tertiary/aromatic N) is 4. The molecule has 0 atom stereocenters. The summed E-state index contributed by atoms with van der Waals surface area (Å²) in [4.78, 5) is 22.3. The Labute approximate surface area is 150 Å². The maximum atomic E-state index is 13.2. The van der Waals surface area contributed by atoms with E-state index in [1.54, 1.807) is 4.90 Å². The number of benzene rings is 1. The molecular formula is C18H21F2N5O. The second-order valence-electron chi connectivity index (χ2n) is 6.30. The molecule has 3 rings (SSSR count). The standard InChI is InChI=1S/C18H21F2N5O/c1-13(26)21-11-14-2-4-15(5-3-14)12-24-6-8-25(9-7-24)18-22-16(19)10-17(20)23-18/h2-5,10H,6-9,11-12H2,1H3,(H,21,26). The Bertz CT molecular complexity index is 740. The van der Waals surface area contributed by atoms with Gasteiger partial charge in [0.15, 0.2) is 0 Å². The van der Waals surface area contributed by atoms with E-state index in [2.05, 4.69) is 32.3 Å². The Hall–Kier alpha value is -2.61. The van der Waals surface area contributed by atoms with Crippen molar-refractivity contribution in [2.24, 2.45) is 0 Å². The molecule has 2 aromatic rings. The summed E-state index contributed by atoms with van der Waals surface area (Å²) in [7, 11) is 0. The molecular weight excluding hydrogens is 340 g/mol. The molecule has 1 aromatic carbocycles. The number of carbonyl (C=O) groups excluding carboxylic acids is 1. The van der Waals surface area contributed by atoms with Crippen molar-refractivity contribution in [3.8, 4) is 0 Å². The molecule has 1 aromatic heterocycles. The predicted octanol–water partition coefficient (Wildman–Crippen LogP) is 1.71. The van der Waals surface area contributed by atoms with Gasteiger partial charge in [-0.2, -0.15) is 18.7 Å². The summed E-state index contributed by atoms with van der Waals surface area (Å²) in [6.45, 7) is 5.57. The van der Waals surface area contributed by atoms with Gasteiger partial charge in [0.2, 0.25) is 23.8 Å². The van der Waals surface area contributed by atoms with Gasteiger partial charge in [0, 0.05) is 52.3 Å². The number of anilines is 1. The van der Waals surface area contributed by atoms with E-state index in [0.717, 1.165) is 25.2 Å². The van der Waals surface area contributed by atoms with Crippen molar-refractivity contribution in [1.82, 2.24) is 20.2 Å². The number of aromatic nitrogens is 2. The lowest BCUT2D eigenvalue weighted by molar-refractivity contribution is -0.119. The molecule has 1 amide bonds. The van der Waals surface area contributed by atoms with Crippen LogP contribution < -0.4 is 10.2 Å². The van der Waals surface area contributed by atoms with E-state index in [4.69, 9.17) is 0 Å². The van der Waals surface area contributed by atoms with Crippen LogP contribution in [-0.2, 0) is 17.9 Å². The van der Waals surface area contributed by atoms with Gasteiger partial charge in [-0.3, -0.25) is 9.69 Å². The third-order valence-electron chi connectivity index (χ3n) is 4.28. The highest BCUT2D eigenvalue weighted by Gasteiger charge is 2.20. The van der Waals surface area contributed by atoms with Crippen molar-refractivity contribution >= 4 is 11.9 Å². The fourth-order valence-electron chi connectivity index (χ4n) is 2.87. The smallest absolute Gasteiger partial charge is 0.230 e. The van der Waals surface area contributed by atoms with Gasteiger partial charge in [0.25, 0.3) is 0 Å². The fourth-order valence-corrected chi connectivity index (χ4v) is 2.87. The molecule has 1 aliphatic heterocycles. The van der Waals surface area contributed by atoms with Gasteiger partial charge in [-0.15, -0.1) is 0 Å². The van der Waals surface area contributed by atoms with Crippen molar-refractivity contribution in [3.05, 3.63) is 53.4 Å². The van der Waals surface area contributed by atoms with Gasteiger partial charge in [-0.05, 0) is 11.1 Å². The molecule has 0 bridgehead atoms. The molecule has 138 valence electrons. The van der Waals surface area contributed by atoms with Crippen LogP contribution in [0.15, 0.2) is 30.3 Å². The normalized spacial score (nSPS) is 15.1. The molecule has 8 heteroatoms. The Kier molecular flexibility index (Phi) is 5.72. The van der Waals surface area contributed by atoms with Crippen LogP contribution >= 0.6 is 0 Å². The van der Waals surface area contributed by atoms with E-state index in [1.807, 2.05) is 12.1 Å². The van der Waals surface area contributed by atoms with Crippen LogP contribution in [0.2, 0.25) is 0 Å². The molecule has 1 aliphatic rings. The maximum absolute atomic E-state index is 13.2. The number of rotatable bonds is 5. The number of nitrogens with one attached hydrogen (secondary N) is 1. The molecule has 1 fully saturated rings. The average molecular weight is 361 g/mol. The summed E-state index contributed by atoms with van der Waals surface area (Å²) in [6.07, 6.45) is 0. The van der Waals surface area contributed by atoms with Gasteiger partial charge in [0.1, 0.15) is 0 Å². The summed E-state index contributed by atoms with van der Waals surface area (Å²) in [5.41, 5.74) is 2.23. The molecule has 26 heavy (non-hydrogen) atoms. The Balaban J connectivity index is 1.51. The number of hydrogen-bond acceptors (Lipinski definition) is 5. The van der Waals surface area contributed by atoms with Crippen LogP contribution in [0.4, 0.5) is 14.7 Å². The zero-order chi connectivity index (χ0) is 18.5. The van der Waals surface area contributed by atoms with Crippen molar-refractivity contribution < 1.29 is 13.6 Å². The van der Waals surface area contributed by atoms with Crippen LogP contribution in [0.1, 0.15) is 18.1 Å².